The van der Waals surface area contributed by atoms with Gasteiger partial charge in [0.25, 0.3) is 11.8 Å². The highest BCUT2D eigenvalue weighted by molar-refractivity contribution is 9.14. The van der Waals surface area contributed by atoms with Gasteiger partial charge in [-0.3, -0.25) is 33.7 Å². The lowest BCUT2D eigenvalue weighted by Gasteiger charge is -2.22. The summed E-state index contributed by atoms with van der Waals surface area (Å²) < 4.78 is 12.8. The first kappa shape index (κ1) is 32.8. The van der Waals surface area contributed by atoms with E-state index in [-0.39, 0.29) is 76.6 Å². The molecular weight excluding hydrogens is 660 g/mol. The Morgan fingerprint density at radius 1 is 0.951 bits per heavy atom. The number of hydrogen-bond donors (Lipinski definition) is 1. The number of nitrogens with one attached hydrogen (secondary N) is 1. The molecule has 0 aliphatic carbocycles. The van der Waals surface area contributed by atoms with Crippen LogP contribution in [0.5, 0.6) is 0 Å². The number of carbonyl (C=O) groups excluding carboxylic acids is 6. The zero-order valence-corrected chi connectivity index (χ0v) is 27.0. The molecule has 3 amide bonds. The van der Waals surface area contributed by atoms with E-state index in [0.29, 0.717) is 19.3 Å². The van der Waals surface area contributed by atoms with Crippen molar-refractivity contribution < 1.29 is 34.9 Å². The van der Waals surface area contributed by atoms with Crippen molar-refractivity contribution in [3.63, 3.8) is 0 Å². The molecule has 3 atom stereocenters. The summed E-state index contributed by atoms with van der Waals surface area (Å²) in [6.07, 6.45) is 1.32. The predicted molar refractivity (Wildman–Crippen MR) is 161 cm³/mol. The summed E-state index contributed by atoms with van der Waals surface area (Å²) in [4.78, 5) is 75.2. The van der Waals surface area contributed by atoms with Crippen molar-refractivity contribution in [2.45, 2.75) is 85.3 Å². The fraction of sp³-hybridized carbons (Fsp3) is 0.533. The van der Waals surface area contributed by atoms with Crippen molar-refractivity contribution in [3.8, 4) is 0 Å². The first-order valence-electron chi connectivity index (χ1n) is 14.2. The molecule has 1 heterocycles. The number of ketones is 2. The molecule has 0 bridgehead atoms. The number of benzene rings is 1. The molecule has 1 N–H and O–H groups in total. The van der Waals surface area contributed by atoms with E-state index in [1.54, 1.807) is 31.2 Å². The van der Waals surface area contributed by atoms with Gasteiger partial charge in [0.2, 0.25) is 5.91 Å². The van der Waals surface area contributed by atoms with Gasteiger partial charge in [-0.15, -0.1) is 0 Å². The Morgan fingerprint density at radius 3 is 2.10 bits per heavy atom. The van der Waals surface area contributed by atoms with Gasteiger partial charge in [0, 0.05) is 39.5 Å². The van der Waals surface area contributed by atoms with Crippen molar-refractivity contribution in [3.05, 3.63) is 44.4 Å². The van der Waals surface area contributed by atoms with Gasteiger partial charge in [0.05, 0.1) is 6.04 Å². The van der Waals surface area contributed by atoms with E-state index in [0.717, 1.165) is 16.0 Å². The van der Waals surface area contributed by atoms with Crippen molar-refractivity contribution in [1.82, 2.24) is 10.2 Å². The number of ether oxygens (including phenoxy) is 1. The predicted octanol–water partition coefficient (Wildman–Crippen LogP) is 4.92. The standard InChI is InChI=1S/C30H38Br2N2O7/c1-5-25(37)41-17-21-12-10-20(11-13-21)15-24(36)19(4)33-28(38)23(18(2)3)16-22(35)9-7-6-8-14-34-29(39)26(31)27(32)30(34)40/h10-13,18-19,23H,5-9,14-17H2,1-4H3,(H,33,38)/t19-,23-/m0/s1/i5T/t5?,19-,23-. The lowest BCUT2D eigenvalue weighted by molar-refractivity contribution is -0.144. The monoisotopic (exact) mass is 698 g/mol. The SMILES string of the molecule is [3H]C(C)C(=O)OCc1ccc(CC(=O)[C@H](C)NC(=O)[C@@H](CC(=O)CCCCCN2C(=O)C(Br)=C(Br)C2=O)C(C)C)cc1. The lowest BCUT2D eigenvalue weighted by atomic mass is 9.88. The summed E-state index contributed by atoms with van der Waals surface area (Å²) >= 11 is 6.19. The topological polar surface area (TPSA) is 127 Å². The van der Waals surface area contributed by atoms with Gasteiger partial charge in [0.15, 0.2) is 5.78 Å². The summed E-state index contributed by atoms with van der Waals surface area (Å²) in [5, 5.41) is 2.77. The van der Waals surface area contributed by atoms with Gasteiger partial charge in [-0.05, 0) is 68.7 Å². The molecule has 1 aromatic carbocycles. The second kappa shape index (κ2) is 16.7. The van der Waals surface area contributed by atoms with Crippen LogP contribution in [0.4, 0.5) is 0 Å². The highest BCUT2D eigenvalue weighted by Crippen LogP contribution is 2.29. The number of nitrogens with zero attached hydrogens (tertiary/aromatic N) is 1. The normalized spacial score (nSPS) is 16.0. The molecular formula is C30H38Br2N2O7. The largest absolute Gasteiger partial charge is 0.461 e. The fourth-order valence-electron chi connectivity index (χ4n) is 4.21. The minimum Gasteiger partial charge on any atom is -0.461 e. The number of hydrogen-bond acceptors (Lipinski definition) is 7. The molecule has 0 saturated heterocycles. The molecule has 1 aliphatic rings. The number of carbonyl (C=O) groups is 6. The first-order chi connectivity index (χ1) is 19.7. The highest BCUT2D eigenvalue weighted by Gasteiger charge is 2.35. The van der Waals surface area contributed by atoms with Gasteiger partial charge >= 0.3 is 5.97 Å². The number of Topliss-reactive ketones (excluding diaryl/α,β-unsaturated/α-hetero) is 2. The van der Waals surface area contributed by atoms with E-state index in [1.807, 2.05) is 13.8 Å². The van der Waals surface area contributed by atoms with Gasteiger partial charge in [-0.25, -0.2) is 0 Å². The molecule has 0 fully saturated rings. The second-order valence-electron chi connectivity index (χ2n) is 10.4. The van der Waals surface area contributed by atoms with Crippen molar-refractivity contribution >= 4 is 67.1 Å². The number of imide groups is 1. The zero-order chi connectivity index (χ0) is 31.6. The summed E-state index contributed by atoms with van der Waals surface area (Å²) in [6, 6.07) is 6.26. The average molecular weight is 700 g/mol. The number of unbranched alkanes of at least 4 members (excludes halogenated alkanes) is 2. The molecule has 0 radical (unpaired) electrons. The Bertz CT molecular complexity index is 1190. The van der Waals surface area contributed by atoms with Gasteiger partial charge in [-0.2, -0.15) is 0 Å². The van der Waals surface area contributed by atoms with E-state index in [9.17, 15) is 28.8 Å². The quantitative estimate of drug-likeness (QED) is 0.139. The maximum absolute atomic E-state index is 13.0. The first-order valence-corrected chi connectivity index (χ1v) is 15.2. The Morgan fingerprint density at radius 2 is 1.54 bits per heavy atom. The maximum Gasteiger partial charge on any atom is 0.305 e. The zero-order valence-electron chi connectivity index (χ0n) is 24.8. The van der Waals surface area contributed by atoms with Crippen LogP contribution in [-0.4, -0.2) is 52.7 Å². The van der Waals surface area contributed by atoms with E-state index >= 15 is 0 Å². The molecule has 1 unspecified atom stereocenters. The fourth-order valence-corrected chi connectivity index (χ4v) is 4.98. The van der Waals surface area contributed by atoms with E-state index in [1.165, 1.54) is 6.92 Å². The van der Waals surface area contributed by atoms with Crippen LogP contribution in [0.25, 0.3) is 0 Å². The van der Waals surface area contributed by atoms with Gasteiger partial charge < -0.3 is 10.1 Å². The minimum absolute atomic E-state index is 0.0483. The third-order valence-corrected chi connectivity index (χ3v) is 8.85. The van der Waals surface area contributed by atoms with Gasteiger partial charge in [-0.1, -0.05) is 51.5 Å². The van der Waals surface area contributed by atoms with Crippen LogP contribution < -0.4 is 5.32 Å². The van der Waals surface area contributed by atoms with Crippen LogP contribution in [0.2, 0.25) is 0 Å². The molecule has 0 saturated carbocycles. The van der Waals surface area contributed by atoms with Crippen LogP contribution in [-0.2, 0) is 46.5 Å². The molecule has 224 valence electrons. The van der Waals surface area contributed by atoms with E-state index < -0.39 is 24.3 Å². The Balaban J connectivity index is 1.76. The average Bonchev–Trinajstić information content (AvgIpc) is 3.12. The number of rotatable bonds is 17. The third kappa shape index (κ3) is 10.6. The van der Waals surface area contributed by atoms with Crippen LogP contribution in [0.15, 0.2) is 33.2 Å². The van der Waals surface area contributed by atoms with Crippen molar-refractivity contribution in [2.75, 3.05) is 6.54 Å². The Kier molecular flexibility index (Phi) is 13.4. The van der Waals surface area contributed by atoms with Crippen LogP contribution >= 0.6 is 31.9 Å². The van der Waals surface area contributed by atoms with Crippen LogP contribution in [0, 0.1) is 11.8 Å². The van der Waals surface area contributed by atoms with E-state index in [2.05, 4.69) is 37.2 Å². The van der Waals surface area contributed by atoms with Gasteiger partial charge in [0.1, 0.15) is 21.4 Å². The smallest absolute Gasteiger partial charge is 0.305 e. The van der Waals surface area contributed by atoms with Crippen molar-refractivity contribution in [1.29, 1.82) is 0 Å². The third-order valence-electron chi connectivity index (χ3n) is 6.84. The minimum atomic E-state index is -0.950. The molecule has 9 nitrogen and oxygen atoms in total. The summed E-state index contributed by atoms with van der Waals surface area (Å²) in [5.74, 6) is -2.60. The van der Waals surface area contributed by atoms with Crippen LogP contribution in [0.3, 0.4) is 0 Å². The molecule has 41 heavy (non-hydrogen) atoms. The number of esters is 1. The van der Waals surface area contributed by atoms with Crippen LogP contribution in [0.1, 0.15) is 78.7 Å². The number of amides is 3. The summed E-state index contributed by atoms with van der Waals surface area (Å²) in [5.41, 5.74) is 1.48. The number of halogens is 2. The molecule has 1 aromatic rings. The molecule has 2 rings (SSSR count). The van der Waals surface area contributed by atoms with E-state index in [4.69, 9.17) is 6.11 Å². The Hall–Kier alpha value is -2.66. The second-order valence-corrected chi connectivity index (χ2v) is 12.0. The maximum atomic E-state index is 13.0. The lowest BCUT2D eigenvalue weighted by Crippen LogP contribution is -2.44. The summed E-state index contributed by atoms with van der Waals surface area (Å²) in [7, 11) is 0. The van der Waals surface area contributed by atoms with Crippen molar-refractivity contribution in [2.24, 2.45) is 11.8 Å². The molecule has 11 heteroatoms. The molecule has 0 spiro atoms. The summed E-state index contributed by atoms with van der Waals surface area (Å²) in [6.45, 7) is 7.10. The molecule has 0 aromatic heterocycles. The molecule has 1 aliphatic heterocycles. The Labute approximate surface area is 259 Å². The highest BCUT2D eigenvalue weighted by atomic mass is 79.9.